The molecule has 38 heavy (non-hydrogen) atoms. The van der Waals surface area contributed by atoms with E-state index in [0.717, 1.165) is 27.2 Å². The van der Waals surface area contributed by atoms with Crippen LogP contribution in [-0.4, -0.2) is 30.4 Å². The number of aryl methyl sites for hydroxylation is 4. The van der Waals surface area contributed by atoms with E-state index in [1.807, 2.05) is 39.8 Å². The van der Waals surface area contributed by atoms with E-state index in [0.29, 0.717) is 22.0 Å². The van der Waals surface area contributed by atoms with Crippen LogP contribution in [0.25, 0.3) is 6.08 Å². The molecular weight excluding hydrogens is 506 g/mol. The number of ether oxygens (including phenoxy) is 1. The molecule has 0 unspecified atom stereocenters. The molecule has 0 spiro atoms. The molecule has 194 valence electrons. The summed E-state index contributed by atoms with van der Waals surface area (Å²) in [5.74, 6) is -1.80. The summed E-state index contributed by atoms with van der Waals surface area (Å²) >= 11 is 6.17. The molecular formula is C29H26ClN3O5. The first-order valence-corrected chi connectivity index (χ1v) is 12.2. The van der Waals surface area contributed by atoms with Crippen molar-refractivity contribution in [3.8, 4) is 5.75 Å². The van der Waals surface area contributed by atoms with E-state index in [4.69, 9.17) is 16.3 Å². The highest BCUT2D eigenvalue weighted by molar-refractivity contribution is 6.39. The van der Waals surface area contributed by atoms with E-state index in [2.05, 4.69) is 10.6 Å². The summed E-state index contributed by atoms with van der Waals surface area (Å²) in [6.45, 7) is 7.38. The van der Waals surface area contributed by atoms with Crippen LogP contribution in [-0.2, 0) is 14.4 Å². The third kappa shape index (κ3) is 5.76. The molecule has 3 aromatic rings. The fourth-order valence-corrected chi connectivity index (χ4v) is 4.02. The minimum Gasteiger partial charge on any atom is -0.483 e. The van der Waals surface area contributed by atoms with E-state index in [1.54, 1.807) is 30.3 Å². The molecule has 0 aliphatic carbocycles. The van der Waals surface area contributed by atoms with Gasteiger partial charge in [0, 0.05) is 16.3 Å². The van der Waals surface area contributed by atoms with Gasteiger partial charge < -0.3 is 10.1 Å². The van der Waals surface area contributed by atoms with Gasteiger partial charge in [0.2, 0.25) is 0 Å². The van der Waals surface area contributed by atoms with Crippen LogP contribution >= 0.6 is 11.6 Å². The lowest BCUT2D eigenvalue weighted by Crippen LogP contribution is -2.54. The number of amides is 5. The smallest absolute Gasteiger partial charge is 0.335 e. The number of nitrogens with one attached hydrogen (secondary N) is 2. The molecule has 1 heterocycles. The standard InChI is InChI=1S/C29H26ClN3O5/c1-16-5-8-22(11-18(16)3)31-26(34)15-38-25-10-7-21(30)13-20(25)14-24-27(35)32-29(37)33(28(24)36)23-9-6-17(2)19(4)12-23/h5-14H,15H2,1-4H3,(H,31,34)(H,32,35,37)/b24-14-. The number of anilines is 2. The number of carbonyl (C=O) groups excluding carboxylic acids is 4. The summed E-state index contributed by atoms with van der Waals surface area (Å²) < 4.78 is 5.71. The van der Waals surface area contributed by atoms with Crippen molar-refractivity contribution in [3.05, 3.63) is 93.0 Å². The van der Waals surface area contributed by atoms with Crippen molar-refractivity contribution in [1.29, 1.82) is 0 Å². The van der Waals surface area contributed by atoms with Gasteiger partial charge in [-0.25, -0.2) is 9.69 Å². The Bertz CT molecular complexity index is 1510. The molecule has 0 saturated carbocycles. The lowest BCUT2D eigenvalue weighted by Gasteiger charge is -2.27. The molecule has 1 saturated heterocycles. The Labute approximate surface area is 225 Å². The van der Waals surface area contributed by atoms with Crippen LogP contribution < -0.4 is 20.3 Å². The summed E-state index contributed by atoms with van der Waals surface area (Å²) in [4.78, 5) is 51.9. The van der Waals surface area contributed by atoms with Gasteiger partial charge in [0.1, 0.15) is 11.3 Å². The average Bonchev–Trinajstić information content (AvgIpc) is 2.85. The van der Waals surface area contributed by atoms with Crippen molar-refractivity contribution in [3.63, 3.8) is 0 Å². The lowest BCUT2D eigenvalue weighted by molar-refractivity contribution is -0.122. The number of urea groups is 1. The molecule has 3 aromatic carbocycles. The molecule has 0 aromatic heterocycles. The van der Waals surface area contributed by atoms with E-state index >= 15 is 0 Å². The maximum Gasteiger partial charge on any atom is 0.335 e. The van der Waals surface area contributed by atoms with E-state index in [9.17, 15) is 19.2 Å². The Hall–Kier alpha value is -4.43. The zero-order chi connectivity index (χ0) is 27.6. The van der Waals surface area contributed by atoms with Crippen LogP contribution in [0.5, 0.6) is 5.75 Å². The Morgan fingerprint density at radius 2 is 1.61 bits per heavy atom. The minimum atomic E-state index is -0.849. The summed E-state index contributed by atoms with van der Waals surface area (Å²) in [6, 6.07) is 14.5. The van der Waals surface area contributed by atoms with Gasteiger partial charge >= 0.3 is 6.03 Å². The van der Waals surface area contributed by atoms with Crippen LogP contribution in [0, 0.1) is 27.7 Å². The van der Waals surface area contributed by atoms with Gasteiger partial charge in [-0.2, -0.15) is 0 Å². The van der Waals surface area contributed by atoms with Gasteiger partial charge in [0.15, 0.2) is 6.61 Å². The van der Waals surface area contributed by atoms with E-state index in [1.165, 1.54) is 18.2 Å². The summed E-state index contributed by atoms with van der Waals surface area (Å²) in [5, 5.41) is 5.31. The van der Waals surface area contributed by atoms with Crippen LogP contribution in [0.15, 0.2) is 60.2 Å². The Morgan fingerprint density at radius 3 is 2.29 bits per heavy atom. The van der Waals surface area contributed by atoms with E-state index in [-0.39, 0.29) is 23.8 Å². The number of rotatable bonds is 6. The number of imide groups is 2. The lowest BCUT2D eigenvalue weighted by atomic mass is 10.0. The molecule has 1 fully saturated rings. The quantitative estimate of drug-likeness (QED) is 0.333. The molecule has 0 atom stereocenters. The summed E-state index contributed by atoms with van der Waals surface area (Å²) in [5.41, 5.74) is 5.01. The first kappa shape index (κ1) is 26.6. The fourth-order valence-electron chi connectivity index (χ4n) is 3.84. The monoisotopic (exact) mass is 531 g/mol. The Kier molecular flexibility index (Phi) is 7.64. The van der Waals surface area contributed by atoms with Crippen molar-refractivity contribution in [2.45, 2.75) is 27.7 Å². The molecule has 0 radical (unpaired) electrons. The van der Waals surface area contributed by atoms with Gasteiger partial charge in [-0.05, 0) is 98.5 Å². The average molecular weight is 532 g/mol. The first-order valence-electron chi connectivity index (χ1n) is 11.8. The topological polar surface area (TPSA) is 105 Å². The van der Waals surface area contributed by atoms with Crippen molar-refractivity contribution in [2.24, 2.45) is 0 Å². The molecule has 1 aliphatic heterocycles. The number of barbiturate groups is 1. The second kappa shape index (κ2) is 10.9. The van der Waals surface area contributed by atoms with Crippen LogP contribution in [0.3, 0.4) is 0 Å². The highest BCUT2D eigenvalue weighted by Gasteiger charge is 2.37. The minimum absolute atomic E-state index is 0.229. The number of hydrogen-bond donors (Lipinski definition) is 2. The van der Waals surface area contributed by atoms with Gasteiger partial charge in [-0.3, -0.25) is 19.7 Å². The predicted octanol–water partition coefficient (Wildman–Crippen LogP) is 5.26. The normalized spacial score (nSPS) is 14.5. The third-order valence-electron chi connectivity index (χ3n) is 6.27. The summed E-state index contributed by atoms with van der Waals surface area (Å²) in [6.07, 6.45) is 1.29. The van der Waals surface area contributed by atoms with E-state index < -0.39 is 17.8 Å². The number of nitrogens with zero attached hydrogens (tertiary/aromatic N) is 1. The largest absolute Gasteiger partial charge is 0.483 e. The number of hydrogen-bond acceptors (Lipinski definition) is 5. The fraction of sp³-hybridized carbons (Fsp3) is 0.172. The Morgan fingerprint density at radius 1 is 0.921 bits per heavy atom. The molecule has 2 N–H and O–H groups in total. The number of carbonyl (C=O) groups is 4. The van der Waals surface area contributed by atoms with Crippen molar-refractivity contribution >= 4 is 52.8 Å². The second-order valence-corrected chi connectivity index (χ2v) is 9.48. The maximum absolute atomic E-state index is 13.3. The van der Waals surface area contributed by atoms with Crippen molar-refractivity contribution < 1.29 is 23.9 Å². The molecule has 9 heteroatoms. The number of halogens is 1. The highest BCUT2D eigenvalue weighted by Crippen LogP contribution is 2.28. The van der Waals surface area contributed by atoms with Crippen LogP contribution in [0.2, 0.25) is 5.02 Å². The first-order chi connectivity index (χ1) is 18.0. The molecule has 8 nitrogen and oxygen atoms in total. The van der Waals surface area contributed by atoms with Crippen LogP contribution in [0.4, 0.5) is 16.2 Å². The van der Waals surface area contributed by atoms with Crippen LogP contribution in [0.1, 0.15) is 27.8 Å². The highest BCUT2D eigenvalue weighted by atomic mass is 35.5. The molecule has 1 aliphatic rings. The van der Waals surface area contributed by atoms with Crippen molar-refractivity contribution in [2.75, 3.05) is 16.8 Å². The molecule has 4 rings (SSSR count). The number of benzene rings is 3. The maximum atomic E-state index is 13.3. The van der Waals surface area contributed by atoms with Crippen molar-refractivity contribution in [1.82, 2.24) is 5.32 Å². The molecule has 5 amide bonds. The van der Waals surface area contributed by atoms with Gasteiger partial charge in [-0.1, -0.05) is 23.7 Å². The third-order valence-corrected chi connectivity index (χ3v) is 6.51. The summed E-state index contributed by atoms with van der Waals surface area (Å²) in [7, 11) is 0. The van der Waals surface area contributed by atoms with Gasteiger partial charge in [-0.15, -0.1) is 0 Å². The zero-order valence-electron chi connectivity index (χ0n) is 21.3. The van der Waals surface area contributed by atoms with Gasteiger partial charge in [0.05, 0.1) is 5.69 Å². The zero-order valence-corrected chi connectivity index (χ0v) is 22.1. The Balaban J connectivity index is 1.58. The second-order valence-electron chi connectivity index (χ2n) is 9.04. The van der Waals surface area contributed by atoms with Gasteiger partial charge in [0.25, 0.3) is 17.7 Å². The predicted molar refractivity (Wildman–Crippen MR) is 146 cm³/mol. The molecule has 0 bridgehead atoms. The SMILES string of the molecule is Cc1ccc(NC(=O)COc2ccc(Cl)cc2/C=C2/C(=O)NC(=O)N(c3ccc(C)c(C)c3)C2=O)cc1C.